The Morgan fingerprint density at radius 3 is 2.53 bits per heavy atom. The first-order chi connectivity index (χ1) is 9.11. The molecule has 0 aromatic heterocycles. The van der Waals surface area contributed by atoms with Gasteiger partial charge in [0, 0.05) is 16.5 Å². The highest BCUT2D eigenvalue weighted by molar-refractivity contribution is 7.99. The maximum atomic E-state index is 13.7. The Balaban J connectivity index is 2.36. The summed E-state index contributed by atoms with van der Waals surface area (Å²) in [6.07, 6.45) is 0.544. The van der Waals surface area contributed by atoms with Gasteiger partial charge in [-0.25, -0.2) is 4.39 Å². The zero-order chi connectivity index (χ0) is 13.8. The zero-order valence-electron chi connectivity index (χ0n) is 9.58. The predicted octanol–water partition coefficient (Wildman–Crippen LogP) is 3.70. The maximum absolute atomic E-state index is 13.7. The van der Waals surface area contributed by atoms with E-state index in [2.05, 4.69) is 0 Å². The first-order valence-corrected chi connectivity index (χ1v) is 6.09. The molecule has 0 saturated heterocycles. The monoisotopic (exact) mass is 277 g/mol. The van der Waals surface area contributed by atoms with E-state index in [0.717, 1.165) is 17.8 Å². The van der Waals surface area contributed by atoms with E-state index in [-0.39, 0.29) is 16.1 Å². The van der Waals surface area contributed by atoms with Crippen molar-refractivity contribution in [1.29, 1.82) is 0 Å². The summed E-state index contributed by atoms with van der Waals surface area (Å²) < 4.78 is 13.7. The molecule has 4 nitrogen and oxygen atoms in total. The van der Waals surface area contributed by atoms with E-state index in [9.17, 15) is 19.3 Å². The second-order valence-electron chi connectivity index (χ2n) is 3.63. The van der Waals surface area contributed by atoms with Gasteiger partial charge in [0.25, 0.3) is 5.69 Å². The molecule has 0 spiro atoms. The molecule has 0 fully saturated rings. The van der Waals surface area contributed by atoms with Gasteiger partial charge in [0.05, 0.1) is 9.82 Å². The Bertz CT molecular complexity index is 646. The van der Waals surface area contributed by atoms with Crippen molar-refractivity contribution in [3.63, 3.8) is 0 Å². The molecule has 96 valence electrons. The molecule has 0 unspecified atom stereocenters. The van der Waals surface area contributed by atoms with Crippen molar-refractivity contribution in [1.82, 2.24) is 0 Å². The van der Waals surface area contributed by atoms with E-state index in [0.29, 0.717) is 11.2 Å². The van der Waals surface area contributed by atoms with Crippen LogP contribution in [0.15, 0.2) is 52.3 Å². The second-order valence-corrected chi connectivity index (χ2v) is 4.72. The number of hydrogen-bond donors (Lipinski definition) is 0. The molecule has 2 aromatic carbocycles. The first kappa shape index (κ1) is 13.2. The molecule has 0 saturated carbocycles. The third-order valence-corrected chi connectivity index (χ3v) is 3.49. The summed E-state index contributed by atoms with van der Waals surface area (Å²) >= 11 is 0.956. The summed E-state index contributed by atoms with van der Waals surface area (Å²) in [6.45, 7) is 0. The number of nitro benzene ring substituents is 1. The minimum absolute atomic E-state index is 0.0774. The van der Waals surface area contributed by atoms with Crippen LogP contribution < -0.4 is 0 Å². The lowest BCUT2D eigenvalue weighted by Crippen LogP contribution is -1.91. The Kier molecular flexibility index (Phi) is 3.91. The van der Waals surface area contributed by atoms with E-state index in [4.69, 9.17) is 0 Å². The minimum atomic E-state index is -0.576. The highest BCUT2D eigenvalue weighted by atomic mass is 32.2. The van der Waals surface area contributed by atoms with Crippen LogP contribution in [0, 0.1) is 15.9 Å². The third-order valence-electron chi connectivity index (χ3n) is 2.37. The lowest BCUT2D eigenvalue weighted by atomic mass is 10.2. The molecule has 0 aliphatic rings. The quantitative estimate of drug-likeness (QED) is 0.485. The van der Waals surface area contributed by atoms with E-state index < -0.39 is 10.7 Å². The normalized spacial score (nSPS) is 10.2. The van der Waals surface area contributed by atoms with Crippen LogP contribution in [0.1, 0.15) is 10.4 Å². The van der Waals surface area contributed by atoms with Gasteiger partial charge in [-0.1, -0.05) is 30.0 Å². The van der Waals surface area contributed by atoms with Crippen molar-refractivity contribution in [2.75, 3.05) is 0 Å². The largest absolute Gasteiger partial charge is 0.298 e. The molecule has 0 atom stereocenters. The molecule has 0 aliphatic carbocycles. The molecule has 0 aliphatic heterocycles. The molecular formula is C13H8FNO3S. The van der Waals surface area contributed by atoms with Gasteiger partial charge in [-0.15, -0.1) is 0 Å². The fourth-order valence-electron chi connectivity index (χ4n) is 1.49. The number of aldehydes is 1. The van der Waals surface area contributed by atoms with Crippen LogP contribution in [-0.2, 0) is 0 Å². The van der Waals surface area contributed by atoms with Crippen molar-refractivity contribution in [3.05, 3.63) is 64.0 Å². The van der Waals surface area contributed by atoms with Gasteiger partial charge in [-0.2, -0.15) is 0 Å². The average Bonchev–Trinajstić information content (AvgIpc) is 2.41. The van der Waals surface area contributed by atoms with Gasteiger partial charge in [-0.05, 0) is 18.2 Å². The molecule has 19 heavy (non-hydrogen) atoms. The van der Waals surface area contributed by atoms with Crippen LogP contribution in [0.3, 0.4) is 0 Å². The topological polar surface area (TPSA) is 60.2 Å². The van der Waals surface area contributed by atoms with Gasteiger partial charge < -0.3 is 0 Å². The van der Waals surface area contributed by atoms with Crippen molar-refractivity contribution >= 4 is 23.7 Å². The number of hydrogen-bond acceptors (Lipinski definition) is 4. The van der Waals surface area contributed by atoms with Gasteiger partial charge in [0.2, 0.25) is 0 Å². The molecule has 0 bridgehead atoms. The van der Waals surface area contributed by atoms with Crippen LogP contribution in [0.2, 0.25) is 0 Å². The minimum Gasteiger partial charge on any atom is -0.298 e. The molecule has 2 aromatic rings. The van der Waals surface area contributed by atoms with Crippen LogP contribution in [0.25, 0.3) is 0 Å². The summed E-state index contributed by atoms with van der Waals surface area (Å²) in [5.41, 5.74) is 0.149. The summed E-state index contributed by atoms with van der Waals surface area (Å²) in [5.74, 6) is -0.576. The maximum Gasteiger partial charge on any atom is 0.283 e. The van der Waals surface area contributed by atoms with Gasteiger partial charge in [-0.3, -0.25) is 14.9 Å². The molecule has 0 N–H and O–H groups in total. The highest BCUT2D eigenvalue weighted by Crippen LogP contribution is 2.35. The lowest BCUT2D eigenvalue weighted by molar-refractivity contribution is -0.387. The number of nitrogens with zero attached hydrogens (tertiary/aromatic N) is 1. The van der Waals surface area contributed by atoms with E-state index in [1.807, 2.05) is 0 Å². The number of nitro groups is 1. The summed E-state index contributed by atoms with van der Waals surface area (Å²) in [7, 11) is 0. The van der Waals surface area contributed by atoms with Crippen molar-refractivity contribution in [3.8, 4) is 0 Å². The predicted molar refractivity (Wildman–Crippen MR) is 69.0 cm³/mol. The average molecular weight is 277 g/mol. The third kappa shape index (κ3) is 2.97. The first-order valence-electron chi connectivity index (χ1n) is 5.28. The van der Waals surface area contributed by atoms with Crippen molar-refractivity contribution < 1.29 is 14.1 Å². The van der Waals surface area contributed by atoms with Crippen LogP contribution in [0.4, 0.5) is 10.1 Å². The van der Waals surface area contributed by atoms with Crippen molar-refractivity contribution in [2.45, 2.75) is 9.79 Å². The molecule has 0 amide bonds. The standard InChI is InChI=1S/C13H8FNO3S/c14-10-7-9(8-16)5-6-12(10)19-13-4-2-1-3-11(13)15(17)18/h1-8H. The van der Waals surface area contributed by atoms with Crippen LogP contribution in [-0.4, -0.2) is 11.2 Å². The fraction of sp³-hybridized carbons (Fsp3) is 0. The van der Waals surface area contributed by atoms with E-state index >= 15 is 0 Å². The summed E-state index contributed by atoms with van der Waals surface area (Å²) in [4.78, 5) is 21.4. The van der Waals surface area contributed by atoms with Crippen molar-refractivity contribution in [2.24, 2.45) is 0 Å². The lowest BCUT2D eigenvalue weighted by Gasteiger charge is -2.04. The Labute approximate surface area is 112 Å². The Morgan fingerprint density at radius 2 is 1.89 bits per heavy atom. The van der Waals surface area contributed by atoms with E-state index in [1.165, 1.54) is 18.2 Å². The number of benzene rings is 2. The molecule has 2 rings (SSSR count). The SMILES string of the molecule is O=Cc1ccc(Sc2ccccc2[N+](=O)[O-])c(F)c1. The number of rotatable bonds is 4. The molecule has 0 heterocycles. The number of carbonyl (C=O) groups excluding carboxylic acids is 1. The second kappa shape index (κ2) is 5.62. The smallest absolute Gasteiger partial charge is 0.283 e. The molecule has 6 heteroatoms. The van der Waals surface area contributed by atoms with Gasteiger partial charge in [0.1, 0.15) is 12.1 Å². The number of carbonyl (C=O) groups is 1. The van der Waals surface area contributed by atoms with Gasteiger partial charge >= 0.3 is 0 Å². The van der Waals surface area contributed by atoms with E-state index in [1.54, 1.807) is 18.2 Å². The van der Waals surface area contributed by atoms with Gasteiger partial charge in [0.15, 0.2) is 0 Å². The highest BCUT2D eigenvalue weighted by Gasteiger charge is 2.15. The van der Waals surface area contributed by atoms with Crippen LogP contribution >= 0.6 is 11.8 Å². The Morgan fingerprint density at radius 1 is 1.16 bits per heavy atom. The molecular weight excluding hydrogens is 269 g/mol. The zero-order valence-corrected chi connectivity index (χ0v) is 10.4. The van der Waals surface area contributed by atoms with Crippen LogP contribution in [0.5, 0.6) is 0 Å². The number of para-hydroxylation sites is 1. The fourth-order valence-corrected chi connectivity index (χ4v) is 2.41. The summed E-state index contributed by atoms with van der Waals surface area (Å²) in [5, 5.41) is 10.8. The Hall–Kier alpha value is -2.21. The number of halogens is 1. The molecule has 0 radical (unpaired) electrons. The summed E-state index contributed by atoms with van der Waals surface area (Å²) in [6, 6.07) is 10.1.